The van der Waals surface area contributed by atoms with Crippen LogP contribution in [0.15, 0.2) is 77.2 Å². The third-order valence-corrected chi connectivity index (χ3v) is 4.20. The maximum absolute atomic E-state index is 12.5. The number of para-hydroxylation sites is 1. The van der Waals surface area contributed by atoms with E-state index in [1.165, 1.54) is 0 Å². The predicted octanol–water partition coefficient (Wildman–Crippen LogP) is 5.49. The van der Waals surface area contributed by atoms with Gasteiger partial charge in [0.05, 0.1) is 7.11 Å². The number of benzene rings is 3. The fourth-order valence-electron chi connectivity index (χ4n) is 2.86. The van der Waals surface area contributed by atoms with Gasteiger partial charge in [-0.15, -0.1) is 0 Å². The summed E-state index contributed by atoms with van der Waals surface area (Å²) in [5, 5.41) is 1.98. The number of allylic oxidation sites excluding steroid dienone is 1. The van der Waals surface area contributed by atoms with Crippen LogP contribution < -0.4 is 4.74 Å². The van der Waals surface area contributed by atoms with Crippen molar-refractivity contribution in [2.45, 2.75) is 0 Å². The first-order valence-corrected chi connectivity index (χ1v) is 8.02. The Morgan fingerprint density at radius 3 is 2.48 bits per heavy atom. The number of hydrogen-bond donors (Lipinski definition) is 0. The third-order valence-electron chi connectivity index (χ3n) is 4.20. The average molecular weight is 328 g/mol. The van der Waals surface area contributed by atoms with Crippen molar-refractivity contribution in [3.8, 4) is 5.75 Å². The summed E-state index contributed by atoms with van der Waals surface area (Å²) in [7, 11) is 1.63. The molecular weight excluding hydrogens is 312 g/mol. The second-order valence-electron chi connectivity index (χ2n) is 5.78. The summed E-state index contributed by atoms with van der Waals surface area (Å²) in [5.74, 6) is 0.753. The number of rotatable bonds is 4. The molecule has 0 bridgehead atoms. The smallest absolute Gasteiger partial charge is 0.185 e. The lowest BCUT2D eigenvalue weighted by Gasteiger charge is -1.99. The number of carbonyl (C=O) groups excluding carboxylic acids is 1. The average Bonchev–Trinajstić information content (AvgIpc) is 3.04. The first-order chi connectivity index (χ1) is 12.2. The van der Waals surface area contributed by atoms with Crippen LogP contribution in [0.1, 0.15) is 15.9 Å². The molecule has 0 aliphatic heterocycles. The molecule has 0 fully saturated rings. The molecule has 0 saturated carbocycles. The lowest BCUT2D eigenvalue weighted by Crippen LogP contribution is -1.93. The Morgan fingerprint density at radius 2 is 1.68 bits per heavy atom. The standard InChI is InChI=1S/C22H16O3/c1-24-17-10-6-15(7-11-17)8-12-20(23)16-9-13-22-19(14-16)18-4-2-3-5-21(18)25-22/h2-14H,1H3. The van der Waals surface area contributed by atoms with Gasteiger partial charge in [-0.1, -0.05) is 36.4 Å². The largest absolute Gasteiger partial charge is 0.497 e. The number of ether oxygens (including phenoxy) is 1. The van der Waals surface area contributed by atoms with Crippen LogP contribution in [0, 0.1) is 0 Å². The summed E-state index contributed by atoms with van der Waals surface area (Å²) in [4.78, 5) is 12.5. The molecule has 122 valence electrons. The van der Waals surface area contributed by atoms with E-state index in [-0.39, 0.29) is 5.78 Å². The van der Waals surface area contributed by atoms with E-state index in [2.05, 4.69) is 0 Å². The summed E-state index contributed by atoms with van der Waals surface area (Å²) in [6.45, 7) is 0. The van der Waals surface area contributed by atoms with Gasteiger partial charge in [-0.3, -0.25) is 4.79 Å². The van der Waals surface area contributed by atoms with Crippen LogP contribution >= 0.6 is 0 Å². The second-order valence-corrected chi connectivity index (χ2v) is 5.78. The van der Waals surface area contributed by atoms with Crippen molar-refractivity contribution in [1.29, 1.82) is 0 Å². The molecule has 1 aromatic heterocycles. The fraction of sp³-hybridized carbons (Fsp3) is 0.0455. The van der Waals surface area contributed by atoms with Gasteiger partial charge in [-0.2, -0.15) is 0 Å². The quantitative estimate of drug-likeness (QED) is 0.367. The Balaban J connectivity index is 1.64. The van der Waals surface area contributed by atoms with Crippen LogP contribution in [-0.4, -0.2) is 12.9 Å². The Morgan fingerprint density at radius 1 is 0.920 bits per heavy atom. The molecule has 0 spiro atoms. The molecule has 1 heterocycles. The molecule has 4 rings (SSSR count). The van der Waals surface area contributed by atoms with Crippen molar-refractivity contribution in [2.24, 2.45) is 0 Å². The Bertz CT molecular complexity index is 1090. The highest BCUT2D eigenvalue weighted by Gasteiger charge is 2.09. The molecule has 0 amide bonds. The molecule has 0 radical (unpaired) electrons. The summed E-state index contributed by atoms with van der Waals surface area (Å²) < 4.78 is 10.9. The zero-order valence-corrected chi connectivity index (χ0v) is 13.7. The number of carbonyl (C=O) groups is 1. The molecular formula is C22H16O3. The van der Waals surface area contributed by atoms with Crippen LogP contribution in [0.2, 0.25) is 0 Å². The van der Waals surface area contributed by atoms with Crippen LogP contribution in [0.3, 0.4) is 0 Å². The summed E-state index contributed by atoms with van der Waals surface area (Å²) in [6.07, 6.45) is 3.39. The minimum absolute atomic E-state index is 0.0389. The Labute approximate surface area is 145 Å². The van der Waals surface area contributed by atoms with E-state index in [1.54, 1.807) is 25.3 Å². The van der Waals surface area contributed by atoms with Gasteiger partial charge in [0, 0.05) is 16.3 Å². The van der Waals surface area contributed by atoms with Gasteiger partial charge in [0.25, 0.3) is 0 Å². The zero-order chi connectivity index (χ0) is 17.2. The second kappa shape index (κ2) is 6.29. The van der Waals surface area contributed by atoms with Crippen molar-refractivity contribution >= 4 is 33.8 Å². The number of ketones is 1. The van der Waals surface area contributed by atoms with E-state index in [0.29, 0.717) is 5.56 Å². The molecule has 0 atom stereocenters. The number of hydrogen-bond acceptors (Lipinski definition) is 3. The first-order valence-electron chi connectivity index (χ1n) is 8.02. The molecule has 3 heteroatoms. The van der Waals surface area contributed by atoms with E-state index in [1.807, 2.05) is 60.7 Å². The van der Waals surface area contributed by atoms with Crippen LogP contribution in [0.25, 0.3) is 28.0 Å². The van der Waals surface area contributed by atoms with E-state index < -0.39 is 0 Å². The van der Waals surface area contributed by atoms with Gasteiger partial charge in [-0.25, -0.2) is 0 Å². The van der Waals surface area contributed by atoms with Crippen LogP contribution in [0.4, 0.5) is 0 Å². The van der Waals surface area contributed by atoms with Crippen LogP contribution in [0.5, 0.6) is 5.75 Å². The van der Waals surface area contributed by atoms with E-state index in [9.17, 15) is 4.79 Å². The van der Waals surface area contributed by atoms with Gasteiger partial charge in [-0.05, 0) is 48.0 Å². The maximum Gasteiger partial charge on any atom is 0.185 e. The zero-order valence-electron chi connectivity index (χ0n) is 13.7. The van der Waals surface area contributed by atoms with Crippen molar-refractivity contribution in [3.63, 3.8) is 0 Å². The highest BCUT2D eigenvalue weighted by Crippen LogP contribution is 2.29. The maximum atomic E-state index is 12.5. The molecule has 3 nitrogen and oxygen atoms in total. The molecule has 4 aromatic rings. The molecule has 0 unspecified atom stereocenters. The van der Waals surface area contributed by atoms with E-state index in [0.717, 1.165) is 33.3 Å². The molecule has 0 aliphatic rings. The van der Waals surface area contributed by atoms with Gasteiger partial charge in [0.1, 0.15) is 16.9 Å². The van der Waals surface area contributed by atoms with Crippen molar-refractivity contribution in [3.05, 3.63) is 83.9 Å². The van der Waals surface area contributed by atoms with E-state index in [4.69, 9.17) is 9.15 Å². The minimum atomic E-state index is -0.0389. The topological polar surface area (TPSA) is 39.4 Å². The van der Waals surface area contributed by atoms with Gasteiger partial charge < -0.3 is 9.15 Å². The summed E-state index contributed by atoms with van der Waals surface area (Å²) >= 11 is 0. The Kier molecular flexibility index (Phi) is 3.82. The van der Waals surface area contributed by atoms with Crippen molar-refractivity contribution in [1.82, 2.24) is 0 Å². The normalized spacial score (nSPS) is 11.4. The molecule has 0 N–H and O–H groups in total. The fourth-order valence-corrected chi connectivity index (χ4v) is 2.86. The van der Waals surface area contributed by atoms with Gasteiger partial charge in [0.2, 0.25) is 0 Å². The molecule has 0 aliphatic carbocycles. The summed E-state index contributed by atoms with van der Waals surface area (Å²) in [6, 6.07) is 20.9. The molecule has 0 saturated heterocycles. The molecule has 25 heavy (non-hydrogen) atoms. The summed E-state index contributed by atoms with van der Waals surface area (Å²) in [5.41, 5.74) is 3.21. The van der Waals surface area contributed by atoms with Gasteiger partial charge in [0.15, 0.2) is 5.78 Å². The highest BCUT2D eigenvalue weighted by molar-refractivity contribution is 6.12. The third kappa shape index (κ3) is 2.92. The first kappa shape index (κ1) is 15.2. The van der Waals surface area contributed by atoms with E-state index >= 15 is 0 Å². The lowest BCUT2D eigenvalue weighted by atomic mass is 10.1. The van der Waals surface area contributed by atoms with Crippen LogP contribution in [-0.2, 0) is 0 Å². The highest BCUT2D eigenvalue weighted by atomic mass is 16.5. The van der Waals surface area contributed by atoms with Crippen molar-refractivity contribution in [2.75, 3.05) is 7.11 Å². The predicted molar refractivity (Wildman–Crippen MR) is 100 cm³/mol. The van der Waals surface area contributed by atoms with Crippen molar-refractivity contribution < 1.29 is 13.9 Å². The van der Waals surface area contributed by atoms with Gasteiger partial charge >= 0.3 is 0 Å². The lowest BCUT2D eigenvalue weighted by molar-refractivity contribution is 0.104. The monoisotopic (exact) mass is 328 g/mol. The minimum Gasteiger partial charge on any atom is -0.497 e. The number of fused-ring (bicyclic) bond motifs is 3. The molecule has 3 aromatic carbocycles. The number of methoxy groups -OCH3 is 1. The SMILES string of the molecule is COc1ccc(C=CC(=O)c2ccc3oc4ccccc4c3c2)cc1. The number of furan rings is 1. The Hall–Kier alpha value is -3.33.